The molecule has 3 rings (SSSR count). The second-order valence-corrected chi connectivity index (χ2v) is 6.59. The molecular formula is C21H29IN4O2. The predicted octanol–water partition coefficient (Wildman–Crippen LogP) is 3.89. The highest BCUT2D eigenvalue weighted by molar-refractivity contribution is 14.0. The Balaban J connectivity index is 0.00000280. The van der Waals surface area contributed by atoms with E-state index in [1.807, 2.05) is 24.3 Å². The number of halogens is 1. The van der Waals surface area contributed by atoms with Gasteiger partial charge in [-0.2, -0.15) is 0 Å². The number of anilines is 1. The summed E-state index contributed by atoms with van der Waals surface area (Å²) in [5.41, 5.74) is 8.23. The minimum absolute atomic E-state index is 0. The number of benzene rings is 2. The van der Waals surface area contributed by atoms with Crippen molar-refractivity contribution in [3.8, 4) is 11.5 Å². The lowest BCUT2D eigenvalue weighted by atomic mass is 10.1. The zero-order valence-corrected chi connectivity index (χ0v) is 18.8. The molecule has 7 heteroatoms. The van der Waals surface area contributed by atoms with Crippen LogP contribution >= 0.6 is 24.0 Å². The van der Waals surface area contributed by atoms with Gasteiger partial charge in [0.25, 0.3) is 0 Å². The number of ether oxygens (including phenoxy) is 2. The van der Waals surface area contributed by atoms with Crippen molar-refractivity contribution in [3.05, 3.63) is 54.1 Å². The van der Waals surface area contributed by atoms with E-state index in [0.29, 0.717) is 24.0 Å². The Kier molecular flexibility index (Phi) is 8.85. The Morgan fingerprint density at radius 3 is 2.39 bits per heavy atom. The molecule has 28 heavy (non-hydrogen) atoms. The molecule has 0 aromatic heterocycles. The van der Waals surface area contributed by atoms with Crippen LogP contribution in [0.2, 0.25) is 0 Å². The molecule has 0 aliphatic carbocycles. The molecule has 1 atom stereocenters. The molecule has 0 bridgehead atoms. The third-order valence-corrected chi connectivity index (χ3v) is 4.86. The number of nitrogens with zero attached hydrogens (tertiary/aromatic N) is 2. The number of hydrogen-bond acceptors (Lipinski definition) is 4. The van der Waals surface area contributed by atoms with Crippen molar-refractivity contribution < 1.29 is 9.47 Å². The zero-order valence-electron chi connectivity index (χ0n) is 16.4. The Morgan fingerprint density at radius 2 is 1.75 bits per heavy atom. The van der Waals surface area contributed by atoms with Crippen LogP contribution in [0, 0.1) is 0 Å². The molecule has 1 unspecified atom stereocenters. The third-order valence-electron chi connectivity index (χ3n) is 4.86. The molecule has 0 saturated carbocycles. The Hall–Kier alpha value is -2.00. The number of nitrogens with two attached hydrogens (primary N) is 1. The van der Waals surface area contributed by atoms with E-state index in [4.69, 9.17) is 15.2 Å². The first-order valence-corrected chi connectivity index (χ1v) is 9.29. The summed E-state index contributed by atoms with van der Waals surface area (Å²) >= 11 is 0. The first kappa shape index (κ1) is 22.3. The summed E-state index contributed by atoms with van der Waals surface area (Å²) in [6, 6.07) is 16.3. The van der Waals surface area contributed by atoms with Gasteiger partial charge >= 0.3 is 0 Å². The molecule has 1 fully saturated rings. The zero-order chi connectivity index (χ0) is 19.1. The predicted molar refractivity (Wildman–Crippen MR) is 125 cm³/mol. The maximum atomic E-state index is 6.14. The number of aliphatic imine (C=N–C) groups is 1. The van der Waals surface area contributed by atoms with E-state index < -0.39 is 0 Å². The summed E-state index contributed by atoms with van der Waals surface area (Å²) in [7, 11) is 3.22. The van der Waals surface area contributed by atoms with Crippen molar-refractivity contribution in [3.63, 3.8) is 0 Å². The second kappa shape index (κ2) is 11.1. The smallest absolute Gasteiger partial charge is 0.193 e. The van der Waals surface area contributed by atoms with E-state index in [9.17, 15) is 0 Å². The normalized spacial score (nSPS) is 15.6. The number of likely N-dealkylation sites (tertiary alicyclic amines) is 1. The minimum Gasteiger partial charge on any atom is -0.493 e. The van der Waals surface area contributed by atoms with Crippen LogP contribution in [0.5, 0.6) is 11.5 Å². The summed E-state index contributed by atoms with van der Waals surface area (Å²) in [6.07, 6.45) is 2.48. The maximum absolute atomic E-state index is 6.14. The van der Waals surface area contributed by atoms with Crippen LogP contribution in [0.1, 0.15) is 24.4 Å². The molecule has 1 heterocycles. The van der Waals surface area contributed by atoms with Gasteiger partial charge in [-0.1, -0.05) is 30.3 Å². The van der Waals surface area contributed by atoms with Crippen molar-refractivity contribution in [1.29, 1.82) is 0 Å². The largest absolute Gasteiger partial charge is 0.493 e. The van der Waals surface area contributed by atoms with E-state index in [1.54, 1.807) is 14.2 Å². The van der Waals surface area contributed by atoms with Gasteiger partial charge in [0.1, 0.15) is 0 Å². The molecule has 1 saturated heterocycles. The number of hydrogen-bond donors (Lipinski definition) is 2. The highest BCUT2D eigenvalue weighted by Crippen LogP contribution is 2.30. The molecular weight excluding hydrogens is 467 g/mol. The van der Waals surface area contributed by atoms with Gasteiger partial charge in [0, 0.05) is 11.8 Å². The van der Waals surface area contributed by atoms with Crippen LogP contribution in [-0.2, 0) is 0 Å². The van der Waals surface area contributed by atoms with Crippen molar-refractivity contribution in [2.24, 2.45) is 10.7 Å². The molecule has 0 spiro atoms. The van der Waals surface area contributed by atoms with Gasteiger partial charge in [0.2, 0.25) is 0 Å². The van der Waals surface area contributed by atoms with Gasteiger partial charge in [-0.15, -0.1) is 24.0 Å². The first-order valence-electron chi connectivity index (χ1n) is 9.29. The molecule has 2 aromatic carbocycles. The lowest BCUT2D eigenvalue weighted by molar-refractivity contribution is 0.252. The lowest BCUT2D eigenvalue weighted by Crippen LogP contribution is -2.30. The van der Waals surface area contributed by atoms with Crippen molar-refractivity contribution >= 4 is 35.6 Å². The number of rotatable bonds is 7. The minimum atomic E-state index is 0. The average Bonchev–Trinajstić information content (AvgIpc) is 3.23. The van der Waals surface area contributed by atoms with E-state index in [0.717, 1.165) is 18.8 Å². The van der Waals surface area contributed by atoms with Crippen LogP contribution in [0.4, 0.5) is 5.69 Å². The topological polar surface area (TPSA) is 72.1 Å². The van der Waals surface area contributed by atoms with Crippen LogP contribution in [0.15, 0.2) is 53.5 Å². The molecule has 1 aliphatic heterocycles. The molecule has 0 amide bonds. The summed E-state index contributed by atoms with van der Waals surface area (Å²) < 4.78 is 10.6. The summed E-state index contributed by atoms with van der Waals surface area (Å²) in [5, 5.41) is 3.14. The molecule has 152 valence electrons. The third kappa shape index (κ3) is 5.75. The summed E-state index contributed by atoms with van der Waals surface area (Å²) in [6.45, 7) is 2.84. The Bertz CT molecular complexity index is 764. The van der Waals surface area contributed by atoms with Gasteiger partial charge in [-0.3, -0.25) is 9.89 Å². The highest BCUT2D eigenvalue weighted by atomic mass is 127. The van der Waals surface area contributed by atoms with Crippen LogP contribution in [0.3, 0.4) is 0 Å². The van der Waals surface area contributed by atoms with Gasteiger partial charge < -0.3 is 20.5 Å². The van der Waals surface area contributed by atoms with Crippen LogP contribution in [-0.4, -0.2) is 44.7 Å². The van der Waals surface area contributed by atoms with Crippen molar-refractivity contribution in [2.45, 2.75) is 18.9 Å². The van der Waals surface area contributed by atoms with Crippen molar-refractivity contribution in [1.82, 2.24) is 4.90 Å². The average molecular weight is 496 g/mol. The van der Waals surface area contributed by atoms with Crippen molar-refractivity contribution in [2.75, 3.05) is 39.2 Å². The Labute approximate surface area is 184 Å². The van der Waals surface area contributed by atoms with Gasteiger partial charge in [-0.25, -0.2) is 0 Å². The lowest BCUT2D eigenvalue weighted by Gasteiger charge is -2.26. The van der Waals surface area contributed by atoms with Crippen LogP contribution < -0.4 is 20.5 Å². The molecule has 2 aromatic rings. The van der Waals surface area contributed by atoms with E-state index in [-0.39, 0.29) is 30.0 Å². The summed E-state index contributed by atoms with van der Waals surface area (Å²) in [5.74, 6) is 1.72. The van der Waals surface area contributed by atoms with E-state index in [2.05, 4.69) is 39.5 Å². The molecule has 0 radical (unpaired) electrons. The highest BCUT2D eigenvalue weighted by Gasteiger charge is 2.23. The monoisotopic (exact) mass is 496 g/mol. The molecule has 1 aliphatic rings. The molecule has 6 nitrogen and oxygen atoms in total. The SMILES string of the molecule is COc1ccc(NC(N)=NCC(c2ccccc2)N2CCCC2)cc1OC.I. The fraction of sp³-hybridized carbons (Fsp3) is 0.381. The summed E-state index contributed by atoms with van der Waals surface area (Å²) in [4.78, 5) is 7.10. The first-order chi connectivity index (χ1) is 13.2. The van der Waals surface area contributed by atoms with Gasteiger partial charge in [0.05, 0.1) is 26.8 Å². The number of methoxy groups -OCH3 is 2. The van der Waals surface area contributed by atoms with E-state index in [1.165, 1.54) is 18.4 Å². The fourth-order valence-corrected chi connectivity index (χ4v) is 3.45. The standard InChI is InChI=1S/C21H28N4O2.HI/c1-26-19-11-10-17(14-20(19)27-2)24-21(22)23-15-18(25-12-6-7-13-25)16-8-4-3-5-9-16;/h3-5,8-11,14,18H,6-7,12-13,15H2,1-2H3,(H3,22,23,24);1H. The maximum Gasteiger partial charge on any atom is 0.193 e. The molecule has 3 N–H and O–H groups in total. The van der Waals surface area contributed by atoms with Crippen LogP contribution in [0.25, 0.3) is 0 Å². The second-order valence-electron chi connectivity index (χ2n) is 6.59. The number of guanidine groups is 1. The van der Waals surface area contributed by atoms with E-state index >= 15 is 0 Å². The fourth-order valence-electron chi connectivity index (χ4n) is 3.45. The van der Waals surface area contributed by atoms with Gasteiger partial charge in [0.15, 0.2) is 17.5 Å². The number of nitrogens with one attached hydrogen (secondary N) is 1. The quantitative estimate of drug-likeness (QED) is 0.346. The van der Waals surface area contributed by atoms with Gasteiger partial charge in [-0.05, 0) is 43.6 Å². The Morgan fingerprint density at radius 1 is 1.07 bits per heavy atom.